The first-order chi connectivity index (χ1) is 10.7. The predicted octanol–water partition coefficient (Wildman–Crippen LogP) is 2.89. The van der Waals surface area contributed by atoms with Crippen molar-refractivity contribution in [3.8, 4) is 0 Å². The van der Waals surface area contributed by atoms with Gasteiger partial charge in [-0.15, -0.1) is 0 Å². The minimum atomic E-state index is -5.19. The molecule has 1 heterocycles. The normalized spacial score (nSPS) is 11.3. The summed E-state index contributed by atoms with van der Waals surface area (Å²) in [7, 11) is 0. The summed E-state index contributed by atoms with van der Waals surface area (Å²) in [5.41, 5.74) is 3.22. The van der Waals surface area contributed by atoms with E-state index in [2.05, 4.69) is 10.3 Å². The van der Waals surface area contributed by atoms with Crippen LogP contribution in [0.15, 0.2) is 30.3 Å². The highest BCUT2D eigenvalue weighted by molar-refractivity contribution is 5.94. The van der Waals surface area contributed by atoms with Gasteiger partial charge in [-0.1, -0.05) is 6.07 Å². The van der Waals surface area contributed by atoms with Gasteiger partial charge in [-0.05, 0) is 24.3 Å². The standard InChI is InChI=1S/C14H10F5N3O/c15-9-4-7(5-10(16)12(9)14(17,18)19)13(23)21-6-8-2-1-3-11(20)22-8/h1-5H,6H2,(H2,20,22)(H,21,23). The second-order valence-electron chi connectivity index (χ2n) is 4.55. The van der Waals surface area contributed by atoms with Crippen molar-refractivity contribution in [1.29, 1.82) is 0 Å². The maximum absolute atomic E-state index is 13.4. The molecule has 2 rings (SSSR count). The SMILES string of the molecule is Nc1cccc(CNC(=O)c2cc(F)c(C(F)(F)F)c(F)c2)n1. The van der Waals surface area contributed by atoms with Gasteiger partial charge in [0, 0.05) is 5.56 Å². The average molecular weight is 331 g/mol. The Balaban J connectivity index is 2.17. The zero-order valence-corrected chi connectivity index (χ0v) is 11.4. The van der Waals surface area contributed by atoms with Gasteiger partial charge in [-0.3, -0.25) is 4.79 Å². The molecule has 0 saturated carbocycles. The molecule has 0 radical (unpaired) electrons. The van der Waals surface area contributed by atoms with Gasteiger partial charge in [0.05, 0.1) is 12.2 Å². The Morgan fingerprint density at radius 3 is 2.30 bits per heavy atom. The molecule has 0 aliphatic carbocycles. The molecule has 122 valence electrons. The third-order valence-corrected chi connectivity index (χ3v) is 2.85. The number of nitrogens with one attached hydrogen (secondary N) is 1. The van der Waals surface area contributed by atoms with Gasteiger partial charge >= 0.3 is 6.18 Å². The van der Waals surface area contributed by atoms with E-state index in [1.54, 1.807) is 12.1 Å². The number of amides is 1. The summed E-state index contributed by atoms with van der Waals surface area (Å²) in [6.45, 7) is -0.103. The van der Waals surface area contributed by atoms with E-state index in [9.17, 15) is 26.7 Å². The number of hydrogen-bond acceptors (Lipinski definition) is 3. The summed E-state index contributed by atoms with van der Waals surface area (Å²) in [5.74, 6) is -4.45. The molecule has 3 N–H and O–H groups in total. The van der Waals surface area contributed by atoms with Crippen molar-refractivity contribution in [2.45, 2.75) is 12.7 Å². The molecule has 23 heavy (non-hydrogen) atoms. The first-order valence-corrected chi connectivity index (χ1v) is 6.24. The van der Waals surface area contributed by atoms with Crippen LogP contribution in [-0.4, -0.2) is 10.9 Å². The lowest BCUT2D eigenvalue weighted by Gasteiger charge is -2.11. The Kier molecular flexibility index (Phi) is 4.48. The average Bonchev–Trinajstić information content (AvgIpc) is 2.42. The van der Waals surface area contributed by atoms with Gasteiger partial charge in [-0.25, -0.2) is 13.8 Å². The largest absolute Gasteiger partial charge is 0.422 e. The number of rotatable bonds is 3. The number of carbonyl (C=O) groups is 1. The molecule has 0 spiro atoms. The fraction of sp³-hybridized carbons (Fsp3) is 0.143. The smallest absolute Gasteiger partial charge is 0.384 e. The van der Waals surface area contributed by atoms with Crippen molar-refractivity contribution in [2.75, 3.05) is 5.73 Å². The lowest BCUT2D eigenvalue weighted by Crippen LogP contribution is -2.24. The summed E-state index contributed by atoms with van der Waals surface area (Å²) in [5, 5.41) is 2.28. The molecule has 0 saturated heterocycles. The first-order valence-electron chi connectivity index (χ1n) is 6.24. The molecule has 0 atom stereocenters. The number of nitrogen functional groups attached to an aromatic ring is 1. The fourth-order valence-electron chi connectivity index (χ4n) is 1.84. The number of carbonyl (C=O) groups excluding carboxylic acids is 1. The Labute approximate surface area is 127 Å². The van der Waals surface area contributed by atoms with Crippen molar-refractivity contribution >= 4 is 11.7 Å². The lowest BCUT2D eigenvalue weighted by atomic mass is 10.1. The van der Waals surface area contributed by atoms with Crippen molar-refractivity contribution < 1.29 is 26.7 Å². The molecule has 1 aromatic heterocycles. The van der Waals surface area contributed by atoms with Crippen molar-refractivity contribution in [3.63, 3.8) is 0 Å². The summed E-state index contributed by atoms with van der Waals surface area (Å²) < 4.78 is 64.2. The molecule has 0 fully saturated rings. The van der Waals surface area contributed by atoms with Crippen LogP contribution in [0.1, 0.15) is 21.6 Å². The molecule has 0 aliphatic heterocycles. The van der Waals surface area contributed by atoms with Gasteiger partial charge in [-0.2, -0.15) is 13.2 Å². The van der Waals surface area contributed by atoms with Crippen LogP contribution in [0.4, 0.5) is 27.8 Å². The third kappa shape index (κ3) is 3.93. The number of nitrogens with two attached hydrogens (primary N) is 1. The highest BCUT2D eigenvalue weighted by Gasteiger charge is 2.38. The minimum absolute atomic E-state index is 0.103. The van der Waals surface area contributed by atoms with Crippen LogP contribution in [-0.2, 0) is 12.7 Å². The van der Waals surface area contributed by atoms with Crippen LogP contribution in [0.2, 0.25) is 0 Å². The Hall–Kier alpha value is -2.71. The Morgan fingerprint density at radius 1 is 1.17 bits per heavy atom. The number of aromatic nitrogens is 1. The second kappa shape index (κ2) is 6.19. The van der Waals surface area contributed by atoms with E-state index in [4.69, 9.17) is 5.73 Å². The number of benzene rings is 1. The van der Waals surface area contributed by atoms with E-state index in [-0.39, 0.29) is 12.4 Å². The number of alkyl halides is 3. The first kappa shape index (κ1) is 16.7. The van der Waals surface area contributed by atoms with Gasteiger partial charge in [0.25, 0.3) is 5.91 Å². The maximum atomic E-state index is 13.4. The Morgan fingerprint density at radius 2 is 1.78 bits per heavy atom. The van der Waals surface area contributed by atoms with Crippen molar-refractivity contribution in [1.82, 2.24) is 10.3 Å². The summed E-state index contributed by atoms with van der Waals surface area (Å²) >= 11 is 0. The molecule has 1 amide bonds. The highest BCUT2D eigenvalue weighted by atomic mass is 19.4. The minimum Gasteiger partial charge on any atom is -0.384 e. The number of nitrogens with zero attached hydrogens (tertiary/aromatic N) is 1. The van der Waals surface area contributed by atoms with E-state index in [0.717, 1.165) is 0 Å². The monoisotopic (exact) mass is 331 g/mol. The molecule has 2 aromatic rings. The Bertz CT molecular complexity index is 722. The summed E-state index contributed by atoms with van der Waals surface area (Å²) in [6, 6.07) is 5.31. The molecular weight excluding hydrogens is 321 g/mol. The molecule has 0 aliphatic rings. The number of halogens is 5. The molecule has 0 unspecified atom stereocenters. The number of hydrogen-bond donors (Lipinski definition) is 2. The van der Waals surface area contributed by atoms with Crippen LogP contribution in [0, 0.1) is 11.6 Å². The lowest BCUT2D eigenvalue weighted by molar-refractivity contribution is -0.142. The summed E-state index contributed by atoms with van der Waals surface area (Å²) in [6.07, 6.45) is -5.19. The molecule has 0 bridgehead atoms. The third-order valence-electron chi connectivity index (χ3n) is 2.85. The zero-order chi connectivity index (χ0) is 17.2. The van der Waals surface area contributed by atoms with E-state index in [1.165, 1.54) is 6.07 Å². The fourth-order valence-corrected chi connectivity index (χ4v) is 1.84. The van der Waals surface area contributed by atoms with Gasteiger partial charge in [0.15, 0.2) is 0 Å². The molecule has 1 aromatic carbocycles. The van der Waals surface area contributed by atoms with Crippen LogP contribution < -0.4 is 11.1 Å². The molecular formula is C14H10F5N3O. The van der Waals surface area contributed by atoms with E-state index < -0.39 is 34.8 Å². The number of anilines is 1. The zero-order valence-electron chi connectivity index (χ0n) is 11.4. The highest BCUT2D eigenvalue weighted by Crippen LogP contribution is 2.33. The topological polar surface area (TPSA) is 68.0 Å². The van der Waals surface area contributed by atoms with Gasteiger partial charge in [0.1, 0.15) is 23.0 Å². The van der Waals surface area contributed by atoms with Crippen LogP contribution >= 0.6 is 0 Å². The predicted molar refractivity (Wildman–Crippen MR) is 71.2 cm³/mol. The maximum Gasteiger partial charge on any atom is 0.422 e. The molecule has 9 heteroatoms. The van der Waals surface area contributed by atoms with Gasteiger partial charge < -0.3 is 11.1 Å². The van der Waals surface area contributed by atoms with Gasteiger partial charge in [0.2, 0.25) is 0 Å². The number of pyridine rings is 1. The second-order valence-corrected chi connectivity index (χ2v) is 4.55. The van der Waals surface area contributed by atoms with Crippen molar-refractivity contribution in [2.24, 2.45) is 0 Å². The molecule has 4 nitrogen and oxygen atoms in total. The van der Waals surface area contributed by atoms with Crippen LogP contribution in [0.3, 0.4) is 0 Å². The van der Waals surface area contributed by atoms with E-state index in [0.29, 0.717) is 17.8 Å². The summed E-state index contributed by atoms with van der Waals surface area (Å²) in [4.78, 5) is 15.7. The van der Waals surface area contributed by atoms with E-state index in [1.807, 2.05) is 0 Å². The van der Waals surface area contributed by atoms with Crippen molar-refractivity contribution in [3.05, 3.63) is 58.8 Å². The quantitative estimate of drug-likeness (QED) is 0.850. The van der Waals surface area contributed by atoms with Crippen LogP contribution in [0.25, 0.3) is 0 Å². The van der Waals surface area contributed by atoms with Crippen LogP contribution in [0.5, 0.6) is 0 Å². The van der Waals surface area contributed by atoms with E-state index >= 15 is 0 Å².